The molecule has 0 spiro atoms. The molecule has 1 aromatic rings. The third kappa shape index (κ3) is 3.57. The Morgan fingerprint density at radius 1 is 1.25 bits per heavy atom. The minimum Gasteiger partial charge on any atom is -0.362 e. The van der Waals surface area contributed by atoms with E-state index in [1.807, 2.05) is 11.8 Å². The highest BCUT2D eigenvalue weighted by molar-refractivity contribution is 8.14. The number of nitrogens with one attached hydrogen (secondary N) is 1. The van der Waals surface area contributed by atoms with Crippen LogP contribution in [0.2, 0.25) is 0 Å². The van der Waals surface area contributed by atoms with Crippen LogP contribution in [-0.4, -0.2) is 23.0 Å². The van der Waals surface area contributed by atoms with Gasteiger partial charge in [0.1, 0.15) is 0 Å². The molecule has 2 nitrogen and oxygen atoms in total. The molecule has 108 valence electrons. The van der Waals surface area contributed by atoms with Crippen LogP contribution in [0.25, 0.3) is 0 Å². The third-order valence-electron chi connectivity index (χ3n) is 3.88. The predicted octanol–water partition coefficient (Wildman–Crippen LogP) is 4.04. The summed E-state index contributed by atoms with van der Waals surface area (Å²) >= 11 is 1.94. The Morgan fingerprint density at radius 2 is 2.00 bits per heavy atom. The molecule has 3 unspecified atom stereocenters. The smallest absolute Gasteiger partial charge is 0.157 e. The van der Waals surface area contributed by atoms with Gasteiger partial charge in [0, 0.05) is 17.2 Å². The van der Waals surface area contributed by atoms with Crippen LogP contribution in [0.3, 0.4) is 0 Å². The number of hydrogen-bond donors (Lipinski definition) is 1. The summed E-state index contributed by atoms with van der Waals surface area (Å²) in [5.41, 5.74) is 1.86. The van der Waals surface area contributed by atoms with E-state index in [9.17, 15) is 0 Å². The van der Waals surface area contributed by atoms with E-state index in [1.54, 1.807) is 0 Å². The first-order valence-electron chi connectivity index (χ1n) is 7.54. The quantitative estimate of drug-likeness (QED) is 0.907. The SMILES string of the molecule is CC(C)(C)CC1CN=C(NC2CC2c2ccccc2)S1. The minimum atomic E-state index is 0.398. The molecule has 1 aromatic carbocycles. The lowest BCUT2D eigenvalue weighted by atomic mass is 9.90. The first-order valence-corrected chi connectivity index (χ1v) is 8.42. The lowest BCUT2D eigenvalue weighted by Crippen LogP contribution is -2.23. The number of amidine groups is 1. The van der Waals surface area contributed by atoms with Crippen molar-refractivity contribution in [1.29, 1.82) is 0 Å². The predicted molar refractivity (Wildman–Crippen MR) is 88.5 cm³/mol. The van der Waals surface area contributed by atoms with Crippen LogP contribution >= 0.6 is 11.8 Å². The van der Waals surface area contributed by atoms with Crippen molar-refractivity contribution in [2.75, 3.05) is 6.54 Å². The second-order valence-electron chi connectivity index (χ2n) is 7.15. The topological polar surface area (TPSA) is 24.4 Å². The summed E-state index contributed by atoms with van der Waals surface area (Å²) < 4.78 is 0. The second-order valence-corrected chi connectivity index (χ2v) is 8.44. The largest absolute Gasteiger partial charge is 0.362 e. The van der Waals surface area contributed by atoms with E-state index >= 15 is 0 Å². The molecule has 0 radical (unpaired) electrons. The molecule has 1 saturated carbocycles. The molecule has 1 aliphatic heterocycles. The Labute approximate surface area is 126 Å². The zero-order valence-electron chi connectivity index (χ0n) is 12.6. The summed E-state index contributed by atoms with van der Waals surface area (Å²) in [7, 11) is 0. The molecule has 0 saturated heterocycles. The van der Waals surface area contributed by atoms with Crippen molar-refractivity contribution >= 4 is 16.9 Å². The normalized spacial score (nSPS) is 29.1. The van der Waals surface area contributed by atoms with Gasteiger partial charge in [0.25, 0.3) is 0 Å². The molecular formula is C17H24N2S. The van der Waals surface area contributed by atoms with Gasteiger partial charge in [0.05, 0.1) is 6.54 Å². The molecule has 0 bridgehead atoms. The van der Waals surface area contributed by atoms with E-state index in [0.717, 1.165) is 6.54 Å². The fraction of sp³-hybridized carbons (Fsp3) is 0.588. The number of aliphatic imine (C=N–C) groups is 1. The standard InChI is InChI=1S/C17H24N2S/c1-17(2,3)10-13-11-18-16(20-13)19-15-9-14(15)12-7-5-4-6-8-12/h4-8,13-15H,9-11H2,1-3H3,(H,18,19). The van der Waals surface area contributed by atoms with Gasteiger partial charge in [-0.1, -0.05) is 62.9 Å². The third-order valence-corrected chi connectivity index (χ3v) is 5.00. The molecule has 3 heteroatoms. The van der Waals surface area contributed by atoms with E-state index in [-0.39, 0.29) is 0 Å². The Kier molecular flexibility index (Phi) is 3.80. The average Bonchev–Trinajstić information content (AvgIpc) is 3.01. The number of thioether (sulfide) groups is 1. The Bertz CT molecular complexity index is 489. The zero-order chi connectivity index (χ0) is 14.2. The summed E-state index contributed by atoms with van der Waals surface area (Å²) in [4.78, 5) is 4.68. The summed E-state index contributed by atoms with van der Waals surface area (Å²) in [6.45, 7) is 7.91. The number of rotatable bonds is 3. The van der Waals surface area contributed by atoms with Crippen LogP contribution in [0.5, 0.6) is 0 Å². The van der Waals surface area contributed by atoms with Gasteiger partial charge in [-0.3, -0.25) is 4.99 Å². The van der Waals surface area contributed by atoms with Gasteiger partial charge >= 0.3 is 0 Å². The van der Waals surface area contributed by atoms with Gasteiger partial charge < -0.3 is 5.32 Å². The van der Waals surface area contributed by atoms with Gasteiger partial charge in [-0.25, -0.2) is 0 Å². The first kappa shape index (κ1) is 14.0. The minimum absolute atomic E-state index is 0.398. The molecule has 1 N–H and O–H groups in total. The molecule has 3 atom stereocenters. The van der Waals surface area contributed by atoms with E-state index < -0.39 is 0 Å². The second kappa shape index (κ2) is 5.44. The molecule has 1 fully saturated rings. The highest BCUT2D eigenvalue weighted by Crippen LogP contribution is 2.41. The molecule has 0 amide bonds. The fourth-order valence-corrected chi connectivity index (χ4v) is 4.28. The van der Waals surface area contributed by atoms with Gasteiger partial charge in [0.2, 0.25) is 0 Å². The molecule has 2 aliphatic rings. The van der Waals surface area contributed by atoms with Crippen molar-refractivity contribution in [3.05, 3.63) is 35.9 Å². The number of hydrogen-bond acceptors (Lipinski definition) is 3. The monoisotopic (exact) mass is 288 g/mol. The maximum atomic E-state index is 4.68. The van der Waals surface area contributed by atoms with Gasteiger partial charge in [0.15, 0.2) is 5.17 Å². The van der Waals surface area contributed by atoms with Gasteiger partial charge in [-0.05, 0) is 23.8 Å². The van der Waals surface area contributed by atoms with Gasteiger partial charge in [-0.15, -0.1) is 0 Å². The Balaban J connectivity index is 1.47. The molecule has 0 aromatic heterocycles. The van der Waals surface area contributed by atoms with Crippen molar-refractivity contribution in [2.24, 2.45) is 10.4 Å². The fourth-order valence-electron chi connectivity index (χ4n) is 2.87. The van der Waals surface area contributed by atoms with Crippen molar-refractivity contribution in [3.63, 3.8) is 0 Å². The van der Waals surface area contributed by atoms with Crippen LogP contribution in [-0.2, 0) is 0 Å². The maximum absolute atomic E-state index is 4.68. The molecule has 1 heterocycles. The number of benzene rings is 1. The highest BCUT2D eigenvalue weighted by Gasteiger charge is 2.39. The van der Waals surface area contributed by atoms with Crippen molar-refractivity contribution < 1.29 is 0 Å². The van der Waals surface area contributed by atoms with E-state index in [2.05, 4.69) is 61.4 Å². The van der Waals surface area contributed by atoms with E-state index in [4.69, 9.17) is 0 Å². The lowest BCUT2D eigenvalue weighted by molar-refractivity contribution is 0.375. The average molecular weight is 288 g/mol. The van der Waals surface area contributed by atoms with Crippen LogP contribution in [0.4, 0.5) is 0 Å². The van der Waals surface area contributed by atoms with Gasteiger partial charge in [-0.2, -0.15) is 0 Å². The molecule has 3 rings (SSSR count). The van der Waals surface area contributed by atoms with Crippen LogP contribution in [0.1, 0.15) is 45.1 Å². The van der Waals surface area contributed by atoms with Crippen LogP contribution < -0.4 is 5.32 Å². The summed E-state index contributed by atoms with van der Waals surface area (Å²) in [6.07, 6.45) is 2.48. The van der Waals surface area contributed by atoms with Crippen LogP contribution in [0, 0.1) is 5.41 Å². The summed E-state index contributed by atoms with van der Waals surface area (Å²) in [5.74, 6) is 0.682. The van der Waals surface area contributed by atoms with E-state index in [1.165, 1.54) is 23.6 Å². The number of nitrogens with zero attached hydrogens (tertiary/aromatic N) is 1. The van der Waals surface area contributed by atoms with Crippen molar-refractivity contribution in [1.82, 2.24) is 5.32 Å². The van der Waals surface area contributed by atoms with Crippen molar-refractivity contribution in [3.8, 4) is 0 Å². The molecule has 20 heavy (non-hydrogen) atoms. The Morgan fingerprint density at radius 3 is 2.70 bits per heavy atom. The highest BCUT2D eigenvalue weighted by atomic mass is 32.2. The first-order chi connectivity index (χ1) is 9.51. The molecular weight excluding hydrogens is 264 g/mol. The Hall–Kier alpha value is -0.960. The lowest BCUT2D eigenvalue weighted by Gasteiger charge is -2.21. The van der Waals surface area contributed by atoms with Crippen LogP contribution in [0.15, 0.2) is 35.3 Å². The van der Waals surface area contributed by atoms with Crippen molar-refractivity contribution in [2.45, 2.75) is 50.8 Å². The van der Waals surface area contributed by atoms with E-state index in [0.29, 0.717) is 22.6 Å². The molecule has 1 aliphatic carbocycles. The zero-order valence-corrected chi connectivity index (χ0v) is 13.4. The maximum Gasteiger partial charge on any atom is 0.157 e. The summed E-state index contributed by atoms with van der Waals surface area (Å²) in [6, 6.07) is 11.4. The summed E-state index contributed by atoms with van der Waals surface area (Å²) in [5, 5.41) is 5.46.